The number of hydrogen-bond donors (Lipinski definition) is 0. The Kier molecular flexibility index (Phi) is 4.29. The molecule has 0 amide bonds. The van der Waals surface area contributed by atoms with Gasteiger partial charge in [0.2, 0.25) is 0 Å². The van der Waals surface area contributed by atoms with Gasteiger partial charge < -0.3 is 0 Å². The Hall–Kier alpha value is -0.490. The minimum atomic E-state index is 0.801. The lowest BCUT2D eigenvalue weighted by Crippen LogP contribution is -1.97. The summed E-state index contributed by atoms with van der Waals surface area (Å²) in [5, 5.41) is 0.881. The molecule has 0 aliphatic heterocycles. The van der Waals surface area contributed by atoms with Crippen LogP contribution >= 0.6 is 11.6 Å². The van der Waals surface area contributed by atoms with Crippen molar-refractivity contribution in [3.05, 3.63) is 34.9 Å². The van der Waals surface area contributed by atoms with E-state index in [1.807, 2.05) is 6.08 Å². The monoisotopic (exact) mass is 236 g/mol. The Bertz CT molecular complexity index is 322. The summed E-state index contributed by atoms with van der Waals surface area (Å²) in [4.78, 5) is 0. The van der Waals surface area contributed by atoms with E-state index >= 15 is 0 Å². The van der Waals surface area contributed by atoms with E-state index in [0.717, 1.165) is 23.3 Å². The first kappa shape index (κ1) is 12.0. The van der Waals surface area contributed by atoms with Gasteiger partial charge in [-0.15, -0.1) is 0 Å². The molecule has 2 rings (SSSR count). The number of halogens is 1. The summed E-state index contributed by atoms with van der Waals surface area (Å²) in [5.74, 6) is 1.73. The van der Waals surface area contributed by atoms with Crippen molar-refractivity contribution in [2.75, 3.05) is 0 Å². The smallest absolute Gasteiger partial charge is 0.0369 e. The molecule has 88 valence electrons. The third kappa shape index (κ3) is 3.52. The van der Waals surface area contributed by atoms with E-state index in [2.05, 4.69) is 25.2 Å². The highest BCUT2D eigenvalue weighted by Gasteiger charge is 2.14. The number of allylic oxidation sites excluding steroid dienone is 6. The Morgan fingerprint density at radius 1 is 1.19 bits per heavy atom. The van der Waals surface area contributed by atoms with Crippen molar-refractivity contribution >= 4 is 11.6 Å². The van der Waals surface area contributed by atoms with Crippen molar-refractivity contribution in [2.45, 2.75) is 45.4 Å². The van der Waals surface area contributed by atoms with E-state index in [9.17, 15) is 0 Å². The lowest BCUT2D eigenvalue weighted by molar-refractivity contribution is 0.494. The second-order valence-corrected chi connectivity index (χ2v) is 5.68. The van der Waals surface area contributed by atoms with E-state index in [1.54, 1.807) is 0 Å². The Morgan fingerprint density at radius 3 is 2.81 bits per heavy atom. The largest absolute Gasteiger partial charge is 0.0847 e. The molecule has 0 radical (unpaired) electrons. The van der Waals surface area contributed by atoms with E-state index in [4.69, 9.17) is 11.6 Å². The maximum atomic E-state index is 5.92. The summed E-state index contributed by atoms with van der Waals surface area (Å²) < 4.78 is 0. The standard InChI is InChI=1S/C15H21Cl/c1-12-3-2-4-13(6-5-12)11-14-7-9-15(16)10-8-14/h7,9-13H,2-6,8H2,1H3. The van der Waals surface area contributed by atoms with Gasteiger partial charge in [0.25, 0.3) is 0 Å². The number of rotatable bonds is 1. The molecule has 0 aromatic rings. The highest BCUT2D eigenvalue weighted by Crippen LogP contribution is 2.29. The van der Waals surface area contributed by atoms with Crippen molar-refractivity contribution in [3.63, 3.8) is 0 Å². The van der Waals surface area contributed by atoms with Gasteiger partial charge in [0.15, 0.2) is 0 Å². The molecule has 0 N–H and O–H groups in total. The van der Waals surface area contributed by atoms with Crippen LogP contribution in [0.15, 0.2) is 34.9 Å². The molecule has 2 atom stereocenters. The normalized spacial score (nSPS) is 33.6. The van der Waals surface area contributed by atoms with Gasteiger partial charge in [0.05, 0.1) is 0 Å². The van der Waals surface area contributed by atoms with Gasteiger partial charge in [0.1, 0.15) is 0 Å². The van der Waals surface area contributed by atoms with Gasteiger partial charge in [-0.3, -0.25) is 0 Å². The van der Waals surface area contributed by atoms with Crippen molar-refractivity contribution in [1.82, 2.24) is 0 Å². The minimum absolute atomic E-state index is 0.801. The average Bonchev–Trinajstić information content (AvgIpc) is 2.47. The van der Waals surface area contributed by atoms with Gasteiger partial charge in [-0.2, -0.15) is 0 Å². The van der Waals surface area contributed by atoms with Crippen molar-refractivity contribution < 1.29 is 0 Å². The molecule has 0 saturated heterocycles. The van der Waals surface area contributed by atoms with Crippen molar-refractivity contribution in [1.29, 1.82) is 0 Å². The SMILES string of the molecule is CC1CCCC(C=C2C=CC(Cl)=CC2)CC1. The molecule has 0 aromatic carbocycles. The molecular weight excluding hydrogens is 216 g/mol. The molecular formula is C15H21Cl. The van der Waals surface area contributed by atoms with Crippen LogP contribution in [0.3, 0.4) is 0 Å². The molecule has 2 aliphatic rings. The quantitative estimate of drug-likeness (QED) is 0.548. The maximum absolute atomic E-state index is 5.92. The molecule has 1 saturated carbocycles. The fraction of sp³-hybridized carbons (Fsp3) is 0.600. The number of hydrogen-bond acceptors (Lipinski definition) is 0. The lowest BCUT2D eigenvalue weighted by atomic mass is 9.94. The summed E-state index contributed by atoms with van der Waals surface area (Å²) in [6.45, 7) is 2.39. The molecule has 1 fully saturated rings. The van der Waals surface area contributed by atoms with Crippen LogP contribution in [0, 0.1) is 11.8 Å². The molecule has 2 unspecified atom stereocenters. The van der Waals surface area contributed by atoms with Gasteiger partial charge in [-0.1, -0.05) is 56.0 Å². The van der Waals surface area contributed by atoms with Crippen LogP contribution in [-0.2, 0) is 0 Å². The molecule has 1 heteroatoms. The summed E-state index contributed by atoms with van der Waals surface area (Å²) >= 11 is 5.92. The zero-order valence-corrected chi connectivity index (χ0v) is 10.8. The molecule has 0 heterocycles. The zero-order valence-electron chi connectivity index (χ0n) is 10.1. The molecule has 0 nitrogen and oxygen atoms in total. The van der Waals surface area contributed by atoms with Gasteiger partial charge >= 0.3 is 0 Å². The van der Waals surface area contributed by atoms with Crippen LogP contribution in [-0.4, -0.2) is 0 Å². The highest BCUT2D eigenvalue weighted by atomic mass is 35.5. The van der Waals surface area contributed by atoms with Gasteiger partial charge in [-0.05, 0) is 42.7 Å². The molecule has 0 aromatic heterocycles. The van der Waals surface area contributed by atoms with Crippen LogP contribution in [0.4, 0.5) is 0 Å². The predicted molar refractivity (Wildman–Crippen MR) is 71.5 cm³/mol. The van der Waals surface area contributed by atoms with E-state index in [0.29, 0.717) is 0 Å². The summed E-state index contributed by atoms with van der Waals surface area (Å²) in [5.41, 5.74) is 1.45. The van der Waals surface area contributed by atoms with Crippen LogP contribution in [0.2, 0.25) is 0 Å². The first-order chi connectivity index (χ1) is 7.74. The molecule has 0 spiro atoms. The van der Waals surface area contributed by atoms with Crippen LogP contribution in [0.5, 0.6) is 0 Å². The van der Waals surface area contributed by atoms with E-state index < -0.39 is 0 Å². The average molecular weight is 237 g/mol. The second-order valence-electron chi connectivity index (χ2n) is 5.24. The second kappa shape index (κ2) is 5.72. The van der Waals surface area contributed by atoms with Crippen LogP contribution < -0.4 is 0 Å². The first-order valence-corrected chi connectivity index (χ1v) is 6.86. The Balaban J connectivity index is 1.94. The lowest BCUT2D eigenvalue weighted by Gasteiger charge is -2.12. The minimum Gasteiger partial charge on any atom is -0.0847 e. The van der Waals surface area contributed by atoms with E-state index in [-0.39, 0.29) is 0 Å². The topological polar surface area (TPSA) is 0 Å². The third-order valence-corrected chi connectivity index (χ3v) is 4.02. The summed E-state index contributed by atoms with van der Waals surface area (Å²) in [6.07, 6.45) is 16.7. The fourth-order valence-corrected chi connectivity index (χ4v) is 2.79. The van der Waals surface area contributed by atoms with Crippen molar-refractivity contribution in [3.8, 4) is 0 Å². The van der Waals surface area contributed by atoms with Crippen molar-refractivity contribution in [2.24, 2.45) is 11.8 Å². The molecule has 16 heavy (non-hydrogen) atoms. The van der Waals surface area contributed by atoms with Crippen LogP contribution in [0.1, 0.15) is 45.4 Å². The first-order valence-electron chi connectivity index (χ1n) is 6.48. The van der Waals surface area contributed by atoms with Gasteiger partial charge in [-0.25, -0.2) is 0 Å². The molecule has 2 aliphatic carbocycles. The molecule has 0 bridgehead atoms. The Labute approximate surface area is 104 Å². The zero-order chi connectivity index (χ0) is 11.4. The van der Waals surface area contributed by atoms with Crippen LogP contribution in [0.25, 0.3) is 0 Å². The summed E-state index contributed by atoms with van der Waals surface area (Å²) in [6, 6.07) is 0. The predicted octanol–water partition coefficient (Wildman–Crippen LogP) is 5.21. The third-order valence-electron chi connectivity index (χ3n) is 3.74. The Morgan fingerprint density at radius 2 is 2.06 bits per heavy atom. The highest BCUT2D eigenvalue weighted by molar-refractivity contribution is 6.31. The maximum Gasteiger partial charge on any atom is 0.0369 e. The fourth-order valence-electron chi connectivity index (χ4n) is 2.65. The van der Waals surface area contributed by atoms with E-state index in [1.165, 1.54) is 37.7 Å². The van der Waals surface area contributed by atoms with Gasteiger partial charge in [0, 0.05) is 5.03 Å². The summed E-state index contributed by atoms with van der Waals surface area (Å²) in [7, 11) is 0.